The Balaban J connectivity index is 1.62. The molecule has 12 heteroatoms. The molecule has 0 aliphatic carbocycles. The number of carbonyl (C=O) groups is 1. The van der Waals surface area contributed by atoms with Crippen molar-refractivity contribution in [2.24, 2.45) is 11.8 Å². The van der Waals surface area contributed by atoms with Crippen LogP contribution in [0.1, 0.15) is 23.6 Å². The van der Waals surface area contributed by atoms with Gasteiger partial charge in [0, 0.05) is 30.2 Å². The lowest BCUT2D eigenvalue weighted by Crippen LogP contribution is -2.87. The molecule has 1 saturated heterocycles. The van der Waals surface area contributed by atoms with Gasteiger partial charge in [0.1, 0.15) is 30.5 Å². The number of aromatic hydroxyl groups is 1. The highest BCUT2D eigenvalue weighted by Crippen LogP contribution is 2.41. The Morgan fingerprint density at radius 1 is 1.18 bits per heavy atom. The molecular formula is C26H36NO11+. The van der Waals surface area contributed by atoms with Crippen molar-refractivity contribution in [1.82, 2.24) is 0 Å². The number of phenols is 1. The lowest BCUT2D eigenvalue weighted by atomic mass is 9.77. The maximum atomic E-state index is 12.7. The van der Waals surface area contributed by atoms with Gasteiger partial charge < -0.3 is 54.5 Å². The molecule has 3 aliphatic heterocycles. The molecule has 0 aromatic heterocycles. The fourth-order valence-electron chi connectivity index (χ4n) is 5.44. The number of methoxy groups -OCH3 is 2. The van der Waals surface area contributed by atoms with E-state index < -0.39 is 61.4 Å². The van der Waals surface area contributed by atoms with Crippen LogP contribution < -0.4 is 10.1 Å². The number of quaternary nitrogens is 1. The van der Waals surface area contributed by atoms with Crippen molar-refractivity contribution < 1.29 is 59.3 Å². The van der Waals surface area contributed by atoms with E-state index in [1.165, 1.54) is 20.5 Å². The molecule has 0 radical (unpaired) electrons. The van der Waals surface area contributed by atoms with Gasteiger partial charge in [-0.25, -0.2) is 4.79 Å². The number of nitrogens with two attached hydrogens (primary N) is 1. The lowest BCUT2D eigenvalue weighted by Gasteiger charge is -2.43. The Hall–Kier alpha value is -2.71. The van der Waals surface area contributed by atoms with Gasteiger partial charge in [0.2, 0.25) is 6.29 Å². The topological polar surface area (TPSA) is 181 Å². The number of carbonyl (C=O) groups excluding carboxylic acids is 1. The zero-order valence-electron chi connectivity index (χ0n) is 21.3. The van der Waals surface area contributed by atoms with E-state index in [1.54, 1.807) is 12.1 Å². The molecule has 210 valence electrons. The molecule has 9 atom stereocenters. The predicted molar refractivity (Wildman–Crippen MR) is 130 cm³/mol. The number of phenolic OH excluding ortho intramolecular Hbond substituents is 1. The molecule has 38 heavy (non-hydrogen) atoms. The monoisotopic (exact) mass is 538 g/mol. The maximum absolute atomic E-state index is 12.7. The number of esters is 1. The van der Waals surface area contributed by atoms with Crippen LogP contribution in [0.5, 0.6) is 11.5 Å². The summed E-state index contributed by atoms with van der Waals surface area (Å²) in [5.74, 6) is -1.29. The van der Waals surface area contributed by atoms with E-state index >= 15 is 0 Å². The molecule has 1 aromatic carbocycles. The second kappa shape index (κ2) is 12.0. The zero-order valence-corrected chi connectivity index (χ0v) is 21.3. The van der Waals surface area contributed by atoms with Crippen LogP contribution in [0.2, 0.25) is 0 Å². The van der Waals surface area contributed by atoms with Crippen LogP contribution in [0.15, 0.2) is 36.6 Å². The summed E-state index contributed by atoms with van der Waals surface area (Å²) in [5.41, 5.74) is 2.22. The first-order chi connectivity index (χ1) is 18.2. The molecule has 7 N–H and O–H groups in total. The Labute approximate surface area is 220 Å². The molecule has 12 nitrogen and oxygen atoms in total. The van der Waals surface area contributed by atoms with E-state index in [0.29, 0.717) is 12.2 Å². The molecule has 0 bridgehead atoms. The summed E-state index contributed by atoms with van der Waals surface area (Å²) in [6.07, 6.45) is -4.41. The minimum Gasteiger partial charge on any atom is -0.504 e. The van der Waals surface area contributed by atoms with Crippen LogP contribution in [0.25, 0.3) is 0 Å². The van der Waals surface area contributed by atoms with Gasteiger partial charge in [0.25, 0.3) is 0 Å². The minimum atomic E-state index is -1.62. The normalized spacial score (nSPS) is 34.9. The lowest BCUT2D eigenvalue weighted by molar-refractivity contribution is -0.700. The van der Waals surface area contributed by atoms with Crippen LogP contribution in [0.4, 0.5) is 0 Å². The molecule has 1 fully saturated rings. The Bertz CT molecular complexity index is 1040. The average Bonchev–Trinajstić information content (AvgIpc) is 2.93. The van der Waals surface area contributed by atoms with E-state index in [4.69, 9.17) is 23.7 Å². The summed E-state index contributed by atoms with van der Waals surface area (Å²) in [6, 6.07) is 3.36. The van der Waals surface area contributed by atoms with Crippen molar-refractivity contribution in [3.63, 3.8) is 0 Å². The Morgan fingerprint density at radius 3 is 2.61 bits per heavy atom. The third kappa shape index (κ3) is 5.38. The van der Waals surface area contributed by atoms with Crippen molar-refractivity contribution in [3.8, 4) is 11.5 Å². The minimum absolute atomic E-state index is 0.0198. The Morgan fingerprint density at radius 2 is 1.95 bits per heavy atom. The number of aliphatic hydroxyl groups is 4. The summed E-state index contributed by atoms with van der Waals surface area (Å²) >= 11 is 0. The third-order valence-electron chi connectivity index (χ3n) is 7.53. The number of hydrogen-bond acceptors (Lipinski definition) is 11. The number of fused-ring (bicyclic) bond motifs is 1. The van der Waals surface area contributed by atoms with Crippen molar-refractivity contribution in [1.29, 1.82) is 0 Å². The van der Waals surface area contributed by atoms with Gasteiger partial charge in [-0.3, -0.25) is 0 Å². The van der Waals surface area contributed by atoms with Crippen LogP contribution in [-0.4, -0.2) is 95.9 Å². The van der Waals surface area contributed by atoms with Crippen molar-refractivity contribution in [3.05, 3.63) is 47.7 Å². The molecule has 0 amide bonds. The molecule has 4 rings (SSSR count). The number of hydrogen-bond donors (Lipinski definition) is 6. The molecular weight excluding hydrogens is 502 g/mol. The highest BCUT2D eigenvalue weighted by atomic mass is 16.8. The van der Waals surface area contributed by atoms with E-state index in [-0.39, 0.29) is 17.4 Å². The fourth-order valence-corrected chi connectivity index (χ4v) is 5.44. The highest BCUT2D eigenvalue weighted by Gasteiger charge is 2.48. The zero-order chi connectivity index (χ0) is 27.6. The largest absolute Gasteiger partial charge is 0.504 e. The molecule has 3 heterocycles. The maximum Gasteiger partial charge on any atom is 0.337 e. The van der Waals surface area contributed by atoms with Crippen LogP contribution in [0, 0.1) is 11.8 Å². The van der Waals surface area contributed by atoms with Crippen LogP contribution in [0.3, 0.4) is 0 Å². The summed E-state index contributed by atoms with van der Waals surface area (Å²) in [5, 5.41) is 52.7. The Kier molecular flexibility index (Phi) is 8.93. The SMILES string of the molecule is C=C[C@H]1[C@H](O[C@@H]2O[C@H](CO)[C@@H](O)[C@H](O)[C@H]2O)OC=C(C(=O)OC)[C@H]1C[C@@H]1[NH2+]CCc2cc(OC)c(O)cc21. The predicted octanol–water partition coefficient (Wildman–Crippen LogP) is -1.40. The first-order valence-corrected chi connectivity index (χ1v) is 12.5. The molecule has 0 saturated carbocycles. The highest BCUT2D eigenvalue weighted by molar-refractivity contribution is 5.89. The van der Waals surface area contributed by atoms with Gasteiger partial charge >= 0.3 is 5.97 Å². The molecule has 0 spiro atoms. The molecule has 3 aliphatic rings. The second-order valence-electron chi connectivity index (χ2n) is 9.66. The van der Waals surface area contributed by atoms with E-state index in [0.717, 1.165) is 24.1 Å². The third-order valence-corrected chi connectivity index (χ3v) is 7.53. The van der Waals surface area contributed by atoms with E-state index in [9.17, 15) is 30.3 Å². The first-order valence-electron chi connectivity index (χ1n) is 12.5. The van der Waals surface area contributed by atoms with Gasteiger partial charge in [-0.15, -0.1) is 6.58 Å². The van der Waals surface area contributed by atoms with Gasteiger partial charge in [0.05, 0.1) is 39.2 Å². The van der Waals surface area contributed by atoms with Gasteiger partial charge in [0.15, 0.2) is 17.8 Å². The van der Waals surface area contributed by atoms with Crippen LogP contribution >= 0.6 is 0 Å². The number of benzene rings is 1. The van der Waals surface area contributed by atoms with Crippen molar-refractivity contribution in [2.45, 2.75) is 55.9 Å². The van der Waals surface area contributed by atoms with Gasteiger partial charge in [-0.1, -0.05) is 6.08 Å². The quantitative estimate of drug-likeness (QED) is 0.169. The standard InChI is InChI=1S/C26H35NO11/c1-4-13-15(8-17-14-9-18(29)19(34-2)7-12(14)5-6-27-17)16(24(33)35-3)11-36-25(13)38-26-23(32)22(31)21(30)20(10-28)37-26/h4,7,9,11,13,15,17,20-23,25-32H,1,5-6,8,10H2,2-3H3/p+1/t13-,15+,17+,20-,21-,22+,23-,25+,26+/m1/s1. The number of ether oxygens (including phenoxy) is 5. The second-order valence-corrected chi connectivity index (χ2v) is 9.66. The summed E-state index contributed by atoms with van der Waals surface area (Å²) < 4.78 is 27.3. The smallest absolute Gasteiger partial charge is 0.337 e. The summed E-state index contributed by atoms with van der Waals surface area (Å²) in [7, 11) is 2.76. The fraction of sp³-hybridized carbons (Fsp3) is 0.577. The first kappa shape index (κ1) is 28.3. The van der Waals surface area contributed by atoms with Crippen molar-refractivity contribution in [2.75, 3.05) is 27.4 Å². The summed E-state index contributed by atoms with van der Waals surface area (Å²) in [6.45, 7) is 4.09. The number of aliphatic hydroxyl groups excluding tert-OH is 4. The van der Waals surface area contributed by atoms with E-state index in [1.807, 2.05) is 6.07 Å². The van der Waals surface area contributed by atoms with Gasteiger partial charge in [-0.2, -0.15) is 0 Å². The number of rotatable bonds is 8. The van der Waals surface area contributed by atoms with Crippen LogP contribution in [-0.2, 0) is 30.2 Å². The average molecular weight is 539 g/mol. The van der Waals surface area contributed by atoms with Gasteiger partial charge in [-0.05, 0) is 17.7 Å². The van der Waals surface area contributed by atoms with E-state index in [2.05, 4.69) is 11.9 Å². The molecule has 1 aromatic rings. The molecule has 0 unspecified atom stereocenters. The van der Waals surface area contributed by atoms with Crippen molar-refractivity contribution >= 4 is 5.97 Å². The summed E-state index contributed by atoms with van der Waals surface area (Å²) in [4.78, 5) is 12.7.